The summed E-state index contributed by atoms with van der Waals surface area (Å²) < 4.78 is 10.2. The summed E-state index contributed by atoms with van der Waals surface area (Å²) in [5.41, 5.74) is 0. The lowest BCUT2D eigenvalue weighted by Crippen LogP contribution is -2.12. The number of rotatable bonds is 10. The van der Waals surface area contributed by atoms with Crippen LogP contribution in [0.1, 0.15) is 52.4 Å². The number of esters is 2. The van der Waals surface area contributed by atoms with Gasteiger partial charge in [-0.05, 0) is 44.7 Å². The molecule has 0 fully saturated rings. The van der Waals surface area contributed by atoms with E-state index in [0.717, 1.165) is 38.5 Å². The standard InChI is InChI=1S/C14H22Br2O4/c1-3-5-7-9-19-13(17)11(15)12(16)14(18)20-10-8-6-4-2/h3-10H2,1-2H3/b12-11-. The van der Waals surface area contributed by atoms with Crippen molar-refractivity contribution in [3.05, 3.63) is 8.96 Å². The van der Waals surface area contributed by atoms with Crippen molar-refractivity contribution in [1.29, 1.82) is 0 Å². The van der Waals surface area contributed by atoms with E-state index in [1.807, 2.05) is 0 Å². The predicted octanol–water partition coefficient (Wildman–Crippen LogP) is 4.45. The Balaban J connectivity index is 4.19. The average molecular weight is 414 g/mol. The first-order valence-electron chi connectivity index (χ1n) is 6.94. The number of carbonyl (C=O) groups excluding carboxylic acids is 2. The smallest absolute Gasteiger partial charge is 0.346 e. The molecule has 116 valence electrons. The fourth-order valence-corrected chi connectivity index (χ4v) is 1.89. The second-order valence-corrected chi connectivity index (χ2v) is 5.90. The van der Waals surface area contributed by atoms with Gasteiger partial charge in [-0.15, -0.1) is 0 Å². The van der Waals surface area contributed by atoms with Crippen LogP contribution in [0.5, 0.6) is 0 Å². The summed E-state index contributed by atoms with van der Waals surface area (Å²) in [7, 11) is 0. The van der Waals surface area contributed by atoms with Crippen LogP contribution in [0.2, 0.25) is 0 Å². The third-order valence-corrected chi connectivity index (χ3v) is 4.49. The van der Waals surface area contributed by atoms with Gasteiger partial charge in [-0.3, -0.25) is 0 Å². The topological polar surface area (TPSA) is 52.6 Å². The van der Waals surface area contributed by atoms with Crippen molar-refractivity contribution < 1.29 is 19.1 Å². The van der Waals surface area contributed by atoms with Crippen molar-refractivity contribution in [2.75, 3.05) is 13.2 Å². The average Bonchev–Trinajstić information content (AvgIpc) is 2.46. The number of hydrogen-bond donors (Lipinski definition) is 0. The molecular formula is C14H22Br2O4. The fourth-order valence-electron chi connectivity index (χ4n) is 1.34. The first kappa shape index (κ1) is 19.6. The normalized spacial score (nSPS) is 11.8. The van der Waals surface area contributed by atoms with Crippen LogP contribution in [0.25, 0.3) is 0 Å². The molecule has 0 saturated carbocycles. The number of halogens is 2. The third-order valence-electron chi connectivity index (χ3n) is 2.51. The molecule has 20 heavy (non-hydrogen) atoms. The molecule has 0 heterocycles. The van der Waals surface area contributed by atoms with Gasteiger partial charge in [0.1, 0.15) is 8.96 Å². The maximum Gasteiger partial charge on any atom is 0.346 e. The lowest BCUT2D eigenvalue weighted by molar-refractivity contribution is -0.141. The monoisotopic (exact) mass is 412 g/mol. The van der Waals surface area contributed by atoms with E-state index in [2.05, 4.69) is 45.7 Å². The van der Waals surface area contributed by atoms with E-state index in [0.29, 0.717) is 13.2 Å². The molecule has 4 nitrogen and oxygen atoms in total. The van der Waals surface area contributed by atoms with Crippen LogP contribution in [0.4, 0.5) is 0 Å². The molecule has 0 aromatic carbocycles. The van der Waals surface area contributed by atoms with Gasteiger partial charge in [0.2, 0.25) is 0 Å². The van der Waals surface area contributed by atoms with Gasteiger partial charge in [0, 0.05) is 0 Å². The molecule has 0 saturated heterocycles. The summed E-state index contributed by atoms with van der Waals surface area (Å²) in [4.78, 5) is 23.3. The molecular weight excluding hydrogens is 392 g/mol. The van der Waals surface area contributed by atoms with E-state index in [1.165, 1.54) is 0 Å². The molecule has 6 heteroatoms. The zero-order valence-electron chi connectivity index (χ0n) is 12.0. The van der Waals surface area contributed by atoms with Crippen molar-refractivity contribution >= 4 is 43.8 Å². The molecule has 0 unspecified atom stereocenters. The van der Waals surface area contributed by atoms with Gasteiger partial charge in [-0.1, -0.05) is 39.5 Å². The minimum absolute atomic E-state index is 0.0643. The van der Waals surface area contributed by atoms with Gasteiger partial charge in [0.25, 0.3) is 0 Å². The highest BCUT2D eigenvalue weighted by molar-refractivity contribution is 9.14. The van der Waals surface area contributed by atoms with E-state index < -0.39 is 11.9 Å². The second kappa shape index (κ2) is 12.4. The van der Waals surface area contributed by atoms with E-state index in [4.69, 9.17) is 9.47 Å². The Kier molecular flexibility index (Phi) is 12.2. The summed E-state index contributed by atoms with van der Waals surface area (Å²) in [6.45, 7) is 4.85. The Morgan fingerprint density at radius 3 is 1.40 bits per heavy atom. The van der Waals surface area contributed by atoms with E-state index in [-0.39, 0.29) is 8.96 Å². The number of hydrogen-bond acceptors (Lipinski definition) is 4. The van der Waals surface area contributed by atoms with Crippen molar-refractivity contribution in [1.82, 2.24) is 0 Å². The van der Waals surface area contributed by atoms with Crippen LogP contribution in [0, 0.1) is 0 Å². The molecule has 0 aromatic heterocycles. The molecule has 0 rings (SSSR count). The highest BCUT2D eigenvalue weighted by Crippen LogP contribution is 2.21. The molecule has 0 bridgehead atoms. The minimum Gasteiger partial charge on any atom is -0.462 e. The fraction of sp³-hybridized carbons (Fsp3) is 0.714. The highest BCUT2D eigenvalue weighted by atomic mass is 79.9. The van der Waals surface area contributed by atoms with Gasteiger partial charge in [-0.2, -0.15) is 0 Å². The Hall–Kier alpha value is -0.360. The highest BCUT2D eigenvalue weighted by Gasteiger charge is 2.19. The van der Waals surface area contributed by atoms with Crippen LogP contribution >= 0.6 is 31.9 Å². The molecule has 0 N–H and O–H groups in total. The zero-order chi connectivity index (χ0) is 15.4. The van der Waals surface area contributed by atoms with Gasteiger partial charge in [0.15, 0.2) is 0 Å². The Labute approximate surface area is 137 Å². The SMILES string of the molecule is CCCCCOC(=O)/C(Br)=C(/Br)C(=O)OCCCCC. The summed E-state index contributed by atoms with van der Waals surface area (Å²) in [5, 5.41) is 0. The molecule has 0 atom stereocenters. The Morgan fingerprint density at radius 2 is 1.10 bits per heavy atom. The number of unbranched alkanes of at least 4 members (excludes halogenated alkanes) is 4. The van der Waals surface area contributed by atoms with E-state index in [9.17, 15) is 9.59 Å². The number of carbonyl (C=O) groups is 2. The lowest BCUT2D eigenvalue weighted by atomic mass is 10.3. The zero-order valence-corrected chi connectivity index (χ0v) is 15.2. The third kappa shape index (κ3) is 8.74. The van der Waals surface area contributed by atoms with Crippen LogP contribution in [-0.4, -0.2) is 25.2 Å². The molecule has 0 amide bonds. The molecule has 0 radical (unpaired) electrons. The molecule has 0 aliphatic carbocycles. The summed E-state index contributed by atoms with van der Waals surface area (Å²) >= 11 is 6.12. The van der Waals surface area contributed by atoms with Crippen LogP contribution in [-0.2, 0) is 19.1 Å². The summed E-state index contributed by atoms with van der Waals surface area (Å²) in [5.74, 6) is -1.11. The van der Waals surface area contributed by atoms with Crippen molar-refractivity contribution in [2.45, 2.75) is 52.4 Å². The van der Waals surface area contributed by atoms with Gasteiger partial charge >= 0.3 is 11.9 Å². The first-order chi connectivity index (χ1) is 9.54. The van der Waals surface area contributed by atoms with Crippen LogP contribution < -0.4 is 0 Å². The Bertz CT molecular complexity index is 308. The minimum atomic E-state index is -0.557. The maximum absolute atomic E-state index is 11.7. The quantitative estimate of drug-likeness (QED) is 0.301. The molecule has 0 aliphatic rings. The number of ether oxygens (including phenoxy) is 2. The van der Waals surface area contributed by atoms with E-state index in [1.54, 1.807) is 0 Å². The van der Waals surface area contributed by atoms with Gasteiger partial charge in [-0.25, -0.2) is 9.59 Å². The van der Waals surface area contributed by atoms with Crippen molar-refractivity contribution in [3.8, 4) is 0 Å². The van der Waals surface area contributed by atoms with Gasteiger partial charge in [0.05, 0.1) is 13.2 Å². The van der Waals surface area contributed by atoms with Gasteiger partial charge < -0.3 is 9.47 Å². The maximum atomic E-state index is 11.7. The Morgan fingerprint density at radius 1 is 0.750 bits per heavy atom. The molecule has 0 spiro atoms. The van der Waals surface area contributed by atoms with Crippen molar-refractivity contribution in [2.24, 2.45) is 0 Å². The predicted molar refractivity (Wildman–Crippen MR) is 85.8 cm³/mol. The summed E-state index contributed by atoms with van der Waals surface area (Å²) in [6.07, 6.45) is 5.78. The van der Waals surface area contributed by atoms with Crippen LogP contribution in [0.15, 0.2) is 8.96 Å². The summed E-state index contributed by atoms with van der Waals surface area (Å²) in [6, 6.07) is 0. The lowest BCUT2D eigenvalue weighted by Gasteiger charge is -2.07. The van der Waals surface area contributed by atoms with E-state index >= 15 is 0 Å². The molecule has 0 aromatic rings. The molecule has 0 aliphatic heterocycles. The van der Waals surface area contributed by atoms with Crippen LogP contribution in [0.3, 0.4) is 0 Å². The second-order valence-electron chi connectivity index (χ2n) is 4.31. The first-order valence-corrected chi connectivity index (χ1v) is 8.52. The largest absolute Gasteiger partial charge is 0.462 e. The van der Waals surface area contributed by atoms with Crippen molar-refractivity contribution in [3.63, 3.8) is 0 Å².